The molecule has 0 saturated carbocycles. The average Bonchev–Trinajstić information content (AvgIpc) is 3.44. The summed E-state index contributed by atoms with van der Waals surface area (Å²) in [6.07, 6.45) is 5.28. The zero-order valence-corrected chi connectivity index (χ0v) is 16.3. The molecule has 6 heteroatoms. The summed E-state index contributed by atoms with van der Waals surface area (Å²) in [6, 6.07) is 9.71. The zero-order valence-electron chi connectivity index (χ0n) is 16.3. The van der Waals surface area contributed by atoms with E-state index in [0.29, 0.717) is 18.9 Å². The van der Waals surface area contributed by atoms with Crippen LogP contribution < -0.4 is 10.1 Å². The van der Waals surface area contributed by atoms with Gasteiger partial charge in [0.15, 0.2) is 5.76 Å². The molecule has 2 heterocycles. The van der Waals surface area contributed by atoms with Crippen LogP contribution in [-0.4, -0.2) is 15.7 Å². The summed E-state index contributed by atoms with van der Waals surface area (Å²) in [6.45, 7) is 5.57. The number of furan rings is 1. The van der Waals surface area contributed by atoms with Crippen molar-refractivity contribution in [3.05, 3.63) is 70.4 Å². The van der Waals surface area contributed by atoms with Gasteiger partial charge in [-0.25, -0.2) is 0 Å². The molecule has 146 valence electrons. The lowest BCUT2D eigenvalue weighted by molar-refractivity contribution is 0.0919. The third-order valence-electron chi connectivity index (χ3n) is 5.28. The smallest absolute Gasteiger partial charge is 0.287 e. The molecule has 1 aliphatic rings. The van der Waals surface area contributed by atoms with Gasteiger partial charge in [-0.15, -0.1) is 0 Å². The highest BCUT2D eigenvalue weighted by atomic mass is 16.5. The Balaban J connectivity index is 1.32. The molecule has 1 amide bonds. The number of hydrogen-bond acceptors (Lipinski definition) is 4. The Kier molecular flexibility index (Phi) is 5.19. The standard InChI is InChI=1S/C22H25N3O3/c1-3-25-15(2)18(13-24-25)12-23-22(26)21-10-9-20(28-21)14-27-19-8-7-16-5-4-6-17(16)11-19/h7-11,13H,3-6,12,14H2,1-2H3,(H,23,26). The first kappa shape index (κ1) is 18.3. The minimum Gasteiger partial charge on any atom is -0.486 e. The van der Waals surface area contributed by atoms with Crippen molar-refractivity contribution in [3.63, 3.8) is 0 Å². The van der Waals surface area contributed by atoms with E-state index in [0.717, 1.165) is 36.4 Å². The van der Waals surface area contributed by atoms with E-state index in [1.54, 1.807) is 18.3 Å². The van der Waals surface area contributed by atoms with E-state index in [2.05, 4.69) is 22.5 Å². The molecule has 1 N–H and O–H groups in total. The van der Waals surface area contributed by atoms with E-state index in [-0.39, 0.29) is 11.7 Å². The second-order valence-electron chi connectivity index (χ2n) is 7.09. The topological polar surface area (TPSA) is 69.3 Å². The van der Waals surface area contributed by atoms with E-state index >= 15 is 0 Å². The summed E-state index contributed by atoms with van der Waals surface area (Å²) >= 11 is 0. The number of hydrogen-bond donors (Lipinski definition) is 1. The summed E-state index contributed by atoms with van der Waals surface area (Å²) in [5, 5.41) is 7.17. The molecule has 0 saturated heterocycles. The quantitative estimate of drug-likeness (QED) is 0.678. The van der Waals surface area contributed by atoms with Crippen LogP contribution in [0.4, 0.5) is 0 Å². The maximum atomic E-state index is 12.3. The summed E-state index contributed by atoms with van der Waals surface area (Å²) in [4.78, 5) is 12.3. The predicted molar refractivity (Wildman–Crippen MR) is 105 cm³/mol. The fourth-order valence-corrected chi connectivity index (χ4v) is 3.61. The number of amides is 1. The second kappa shape index (κ2) is 7.92. The molecule has 1 aliphatic carbocycles. The number of carbonyl (C=O) groups is 1. The van der Waals surface area contributed by atoms with Gasteiger partial charge in [0.2, 0.25) is 0 Å². The van der Waals surface area contributed by atoms with Crippen molar-refractivity contribution in [2.75, 3.05) is 0 Å². The van der Waals surface area contributed by atoms with Crippen molar-refractivity contribution in [2.45, 2.75) is 52.8 Å². The SMILES string of the molecule is CCn1ncc(CNC(=O)c2ccc(COc3ccc4c(c3)CCC4)o2)c1C. The van der Waals surface area contributed by atoms with Crippen molar-refractivity contribution in [1.29, 1.82) is 0 Å². The lowest BCUT2D eigenvalue weighted by atomic mass is 10.1. The molecular weight excluding hydrogens is 354 g/mol. The number of carbonyl (C=O) groups excluding carboxylic acids is 1. The van der Waals surface area contributed by atoms with Gasteiger partial charge in [-0.1, -0.05) is 6.07 Å². The molecule has 0 radical (unpaired) electrons. The summed E-state index contributed by atoms with van der Waals surface area (Å²) in [5.74, 6) is 1.51. The monoisotopic (exact) mass is 379 g/mol. The minimum absolute atomic E-state index is 0.243. The average molecular weight is 379 g/mol. The van der Waals surface area contributed by atoms with E-state index < -0.39 is 0 Å². The normalized spacial score (nSPS) is 12.8. The van der Waals surface area contributed by atoms with Gasteiger partial charge in [0.05, 0.1) is 6.20 Å². The Hall–Kier alpha value is -3.02. The Morgan fingerprint density at radius 3 is 2.93 bits per heavy atom. The highest BCUT2D eigenvalue weighted by Crippen LogP contribution is 2.26. The number of nitrogens with zero attached hydrogens (tertiary/aromatic N) is 2. The van der Waals surface area contributed by atoms with Crippen LogP contribution in [-0.2, 0) is 32.5 Å². The van der Waals surface area contributed by atoms with Crippen molar-refractivity contribution in [2.24, 2.45) is 0 Å². The zero-order chi connectivity index (χ0) is 19.5. The maximum Gasteiger partial charge on any atom is 0.287 e. The van der Waals surface area contributed by atoms with Gasteiger partial charge in [-0.3, -0.25) is 9.48 Å². The van der Waals surface area contributed by atoms with Crippen molar-refractivity contribution in [3.8, 4) is 5.75 Å². The van der Waals surface area contributed by atoms with Crippen LogP contribution in [0.15, 0.2) is 40.9 Å². The molecule has 28 heavy (non-hydrogen) atoms. The molecular formula is C22H25N3O3. The Bertz CT molecular complexity index is 987. The summed E-state index contributed by atoms with van der Waals surface area (Å²) < 4.78 is 13.4. The molecule has 1 aromatic carbocycles. The molecule has 0 atom stereocenters. The van der Waals surface area contributed by atoms with Gasteiger partial charge in [0.25, 0.3) is 5.91 Å². The van der Waals surface area contributed by atoms with Gasteiger partial charge in [0.1, 0.15) is 18.1 Å². The number of ether oxygens (including phenoxy) is 1. The van der Waals surface area contributed by atoms with E-state index in [1.165, 1.54) is 17.5 Å². The van der Waals surface area contributed by atoms with Crippen LogP contribution in [0.2, 0.25) is 0 Å². The van der Waals surface area contributed by atoms with Crippen molar-refractivity contribution < 1.29 is 13.9 Å². The van der Waals surface area contributed by atoms with Crippen LogP contribution in [0.5, 0.6) is 5.75 Å². The van der Waals surface area contributed by atoms with Crippen LogP contribution >= 0.6 is 0 Å². The van der Waals surface area contributed by atoms with Crippen LogP contribution in [0.25, 0.3) is 0 Å². The number of aryl methyl sites for hydroxylation is 3. The fourth-order valence-electron chi connectivity index (χ4n) is 3.61. The molecule has 0 spiro atoms. The minimum atomic E-state index is -0.243. The third-order valence-corrected chi connectivity index (χ3v) is 5.28. The number of rotatable bonds is 7. The molecule has 6 nitrogen and oxygen atoms in total. The number of fused-ring (bicyclic) bond motifs is 1. The lowest BCUT2D eigenvalue weighted by Gasteiger charge is -2.07. The first-order valence-electron chi connectivity index (χ1n) is 9.77. The first-order chi connectivity index (χ1) is 13.6. The molecule has 4 rings (SSSR count). The fraction of sp³-hybridized carbons (Fsp3) is 0.364. The van der Waals surface area contributed by atoms with E-state index in [1.807, 2.05) is 24.6 Å². The van der Waals surface area contributed by atoms with Crippen LogP contribution in [0, 0.1) is 6.92 Å². The molecule has 0 bridgehead atoms. The number of aromatic nitrogens is 2. The van der Waals surface area contributed by atoms with Gasteiger partial charge in [-0.2, -0.15) is 5.10 Å². The van der Waals surface area contributed by atoms with E-state index in [9.17, 15) is 4.79 Å². The first-order valence-corrected chi connectivity index (χ1v) is 9.77. The van der Waals surface area contributed by atoms with Gasteiger partial charge in [-0.05, 0) is 68.5 Å². The molecule has 0 aliphatic heterocycles. The Morgan fingerprint density at radius 2 is 2.11 bits per heavy atom. The summed E-state index contributed by atoms with van der Waals surface area (Å²) in [7, 11) is 0. The van der Waals surface area contributed by atoms with Crippen LogP contribution in [0.1, 0.15) is 52.0 Å². The second-order valence-corrected chi connectivity index (χ2v) is 7.09. The number of nitrogens with one attached hydrogen (secondary N) is 1. The molecule has 0 fully saturated rings. The van der Waals surface area contributed by atoms with Gasteiger partial charge in [0, 0.05) is 24.3 Å². The van der Waals surface area contributed by atoms with Gasteiger partial charge >= 0.3 is 0 Å². The van der Waals surface area contributed by atoms with Crippen LogP contribution in [0.3, 0.4) is 0 Å². The molecule has 3 aromatic rings. The van der Waals surface area contributed by atoms with Crippen molar-refractivity contribution in [1.82, 2.24) is 15.1 Å². The predicted octanol–water partition coefficient (Wildman–Crippen LogP) is 3.80. The van der Waals surface area contributed by atoms with Gasteiger partial charge < -0.3 is 14.5 Å². The highest BCUT2D eigenvalue weighted by molar-refractivity contribution is 5.91. The maximum absolute atomic E-state index is 12.3. The number of benzene rings is 1. The Morgan fingerprint density at radius 1 is 1.25 bits per heavy atom. The highest BCUT2D eigenvalue weighted by Gasteiger charge is 2.14. The lowest BCUT2D eigenvalue weighted by Crippen LogP contribution is -2.22. The molecule has 2 aromatic heterocycles. The largest absolute Gasteiger partial charge is 0.486 e. The van der Waals surface area contributed by atoms with E-state index in [4.69, 9.17) is 9.15 Å². The molecule has 0 unspecified atom stereocenters. The summed E-state index contributed by atoms with van der Waals surface area (Å²) in [5.41, 5.74) is 4.86. The third kappa shape index (κ3) is 3.81. The Labute approximate surface area is 164 Å². The van der Waals surface area contributed by atoms with Crippen molar-refractivity contribution >= 4 is 5.91 Å².